The van der Waals surface area contributed by atoms with Crippen molar-refractivity contribution in [2.24, 2.45) is 0 Å². The number of likely N-dealkylation sites (N-methyl/N-ethyl adjacent to an activating group) is 1. The SMILES string of the molecule is CCCCC(CCCC)N1CCN(CCN(C)C)CC1. The summed E-state index contributed by atoms with van der Waals surface area (Å²) < 4.78 is 0. The van der Waals surface area contributed by atoms with Crippen LogP contribution in [0.3, 0.4) is 0 Å². The van der Waals surface area contributed by atoms with Crippen LogP contribution >= 0.6 is 0 Å². The van der Waals surface area contributed by atoms with Crippen LogP contribution in [0.2, 0.25) is 0 Å². The molecule has 1 aliphatic rings. The van der Waals surface area contributed by atoms with Gasteiger partial charge in [-0.2, -0.15) is 0 Å². The molecule has 20 heavy (non-hydrogen) atoms. The molecule has 0 aromatic rings. The van der Waals surface area contributed by atoms with Gasteiger partial charge in [-0.05, 0) is 26.9 Å². The second kappa shape index (κ2) is 10.6. The summed E-state index contributed by atoms with van der Waals surface area (Å²) in [5.74, 6) is 0. The first-order valence-corrected chi connectivity index (χ1v) is 8.78. The molecule has 120 valence electrons. The average Bonchev–Trinajstić information content (AvgIpc) is 2.46. The zero-order valence-corrected chi connectivity index (χ0v) is 14.4. The van der Waals surface area contributed by atoms with E-state index in [9.17, 15) is 0 Å². The zero-order chi connectivity index (χ0) is 14.8. The van der Waals surface area contributed by atoms with Gasteiger partial charge >= 0.3 is 0 Å². The van der Waals surface area contributed by atoms with Gasteiger partial charge in [0.2, 0.25) is 0 Å². The zero-order valence-electron chi connectivity index (χ0n) is 14.4. The van der Waals surface area contributed by atoms with E-state index in [1.807, 2.05) is 0 Å². The Balaban J connectivity index is 2.31. The van der Waals surface area contributed by atoms with Crippen molar-refractivity contribution in [2.45, 2.75) is 58.4 Å². The molecule has 1 rings (SSSR count). The molecular formula is C17H37N3. The topological polar surface area (TPSA) is 9.72 Å². The predicted octanol–water partition coefficient (Wildman–Crippen LogP) is 2.91. The largest absolute Gasteiger partial charge is 0.308 e. The molecule has 1 saturated heterocycles. The van der Waals surface area contributed by atoms with Gasteiger partial charge in [0, 0.05) is 45.3 Å². The molecule has 0 amide bonds. The van der Waals surface area contributed by atoms with E-state index in [1.165, 1.54) is 77.8 Å². The average molecular weight is 284 g/mol. The van der Waals surface area contributed by atoms with Crippen LogP contribution in [0.25, 0.3) is 0 Å². The normalized spacial score (nSPS) is 18.3. The Morgan fingerprint density at radius 1 is 0.900 bits per heavy atom. The summed E-state index contributed by atoms with van der Waals surface area (Å²) in [6.45, 7) is 12.2. The summed E-state index contributed by atoms with van der Waals surface area (Å²) >= 11 is 0. The molecule has 0 radical (unpaired) electrons. The highest BCUT2D eigenvalue weighted by molar-refractivity contribution is 4.79. The van der Waals surface area contributed by atoms with Crippen molar-refractivity contribution < 1.29 is 0 Å². The molecule has 0 atom stereocenters. The minimum atomic E-state index is 0.853. The lowest BCUT2D eigenvalue weighted by Crippen LogP contribution is -2.51. The number of rotatable bonds is 10. The highest BCUT2D eigenvalue weighted by atomic mass is 15.3. The van der Waals surface area contributed by atoms with Crippen molar-refractivity contribution in [3.63, 3.8) is 0 Å². The van der Waals surface area contributed by atoms with Crippen LogP contribution in [0, 0.1) is 0 Å². The van der Waals surface area contributed by atoms with Crippen LogP contribution in [-0.4, -0.2) is 74.1 Å². The van der Waals surface area contributed by atoms with Gasteiger partial charge < -0.3 is 4.90 Å². The third-order valence-corrected chi connectivity index (χ3v) is 4.57. The maximum atomic E-state index is 2.78. The molecule has 0 bridgehead atoms. The van der Waals surface area contributed by atoms with Crippen molar-refractivity contribution >= 4 is 0 Å². The van der Waals surface area contributed by atoms with Gasteiger partial charge in [-0.25, -0.2) is 0 Å². The van der Waals surface area contributed by atoms with Gasteiger partial charge in [-0.15, -0.1) is 0 Å². The standard InChI is InChI=1S/C17H37N3/c1-5-7-9-17(10-8-6-2)20-15-13-19(14-16-20)12-11-18(3)4/h17H,5-16H2,1-4H3. The predicted molar refractivity (Wildman–Crippen MR) is 89.4 cm³/mol. The van der Waals surface area contributed by atoms with E-state index in [4.69, 9.17) is 0 Å². The molecular weight excluding hydrogens is 246 g/mol. The molecule has 0 aromatic carbocycles. The molecule has 0 aliphatic carbocycles. The Morgan fingerprint density at radius 3 is 1.90 bits per heavy atom. The van der Waals surface area contributed by atoms with E-state index >= 15 is 0 Å². The summed E-state index contributed by atoms with van der Waals surface area (Å²) in [5.41, 5.74) is 0. The molecule has 0 unspecified atom stereocenters. The van der Waals surface area contributed by atoms with Crippen LogP contribution < -0.4 is 0 Å². The Morgan fingerprint density at radius 2 is 1.45 bits per heavy atom. The van der Waals surface area contributed by atoms with Crippen LogP contribution in [-0.2, 0) is 0 Å². The number of unbranched alkanes of at least 4 members (excludes halogenated alkanes) is 2. The van der Waals surface area contributed by atoms with Crippen molar-refractivity contribution in [3.8, 4) is 0 Å². The molecule has 0 spiro atoms. The van der Waals surface area contributed by atoms with E-state index in [-0.39, 0.29) is 0 Å². The third kappa shape index (κ3) is 7.05. The van der Waals surface area contributed by atoms with Crippen LogP contribution in [0.1, 0.15) is 52.4 Å². The molecule has 1 aliphatic heterocycles. The molecule has 0 saturated carbocycles. The van der Waals surface area contributed by atoms with Gasteiger partial charge in [0.25, 0.3) is 0 Å². The Hall–Kier alpha value is -0.120. The van der Waals surface area contributed by atoms with Crippen molar-refractivity contribution in [1.29, 1.82) is 0 Å². The van der Waals surface area contributed by atoms with Crippen LogP contribution in [0.15, 0.2) is 0 Å². The molecule has 0 N–H and O–H groups in total. The summed E-state index contributed by atoms with van der Waals surface area (Å²) in [6, 6.07) is 0.853. The van der Waals surface area contributed by atoms with Gasteiger partial charge in [0.15, 0.2) is 0 Å². The third-order valence-electron chi connectivity index (χ3n) is 4.57. The number of piperazine rings is 1. The van der Waals surface area contributed by atoms with Crippen molar-refractivity contribution in [3.05, 3.63) is 0 Å². The highest BCUT2D eigenvalue weighted by Crippen LogP contribution is 2.17. The van der Waals surface area contributed by atoms with Gasteiger partial charge in [0.1, 0.15) is 0 Å². The molecule has 3 heteroatoms. The van der Waals surface area contributed by atoms with Gasteiger partial charge in [0.05, 0.1) is 0 Å². The fourth-order valence-corrected chi connectivity index (χ4v) is 3.08. The van der Waals surface area contributed by atoms with E-state index in [1.54, 1.807) is 0 Å². The lowest BCUT2D eigenvalue weighted by molar-refractivity contribution is 0.0825. The minimum absolute atomic E-state index is 0.853. The molecule has 3 nitrogen and oxygen atoms in total. The highest BCUT2D eigenvalue weighted by Gasteiger charge is 2.22. The monoisotopic (exact) mass is 283 g/mol. The first-order chi connectivity index (χ1) is 9.67. The van der Waals surface area contributed by atoms with Crippen LogP contribution in [0.4, 0.5) is 0 Å². The number of hydrogen-bond donors (Lipinski definition) is 0. The Kier molecular flexibility index (Phi) is 9.49. The number of hydrogen-bond acceptors (Lipinski definition) is 3. The minimum Gasteiger partial charge on any atom is -0.308 e. The first-order valence-electron chi connectivity index (χ1n) is 8.78. The van der Waals surface area contributed by atoms with Gasteiger partial charge in [-0.1, -0.05) is 39.5 Å². The molecule has 0 aromatic heterocycles. The van der Waals surface area contributed by atoms with E-state index in [2.05, 4.69) is 42.6 Å². The lowest BCUT2D eigenvalue weighted by Gasteiger charge is -2.40. The van der Waals surface area contributed by atoms with Crippen LogP contribution in [0.5, 0.6) is 0 Å². The second-order valence-corrected chi connectivity index (χ2v) is 6.62. The molecule has 1 heterocycles. The number of nitrogens with zero attached hydrogens (tertiary/aromatic N) is 3. The Labute approximate surface area is 127 Å². The van der Waals surface area contributed by atoms with E-state index in [0.29, 0.717) is 0 Å². The smallest absolute Gasteiger partial charge is 0.0113 e. The maximum Gasteiger partial charge on any atom is 0.0113 e. The summed E-state index contributed by atoms with van der Waals surface area (Å²) in [7, 11) is 4.34. The molecule has 1 fully saturated rings. The first kappa shape index (κ1) is 17.9. The quantitative estimate of drug-likeness (QED) is 0.610. The summed E-state index contributed by atoms with van der Waals surface area (Å²) in [5, 5.41) is 0. The second-order valence-electron chi connectivity index (χ2n) is 6.62. The van der Waals surface area contributed by atoms with E-state index < -0.39 is 0 Å². The lowest BCUT2D eigenvalue weighted by atomic mass is 10.0. The fourth-order valence-electron chi connectivity index (χ4n) is 3.08. The summed E-state index contributed by atoms with van der Waals surface area (Å²) in [4.78, 5) is 7.70. The van der Waals surface area contributed by atoms with Gasteiger partial charge in [-0.3, -0.25) is 9.80 Å². The van der Waals surface area contributed by atoms with Crippen molar-refractivity contribution in [2.75, 3.05) is 53.4 Å². The van der Waals surface area contributed by atoms with E-state index in [0.717, 1.165) is 6.04 Å². The van der Waals surface area contributed by atoms with Crippen molar-refractivity contribution in [1.82, 2.24) is 14.7 Å². The fraction of sp³-hybridized carbons (Fsp3) is 1.00. The Bertz CT molecular complexity index is 214. The summed E-state index contributed by atoms with van der Waals surface area (Å²) in [6.07, 6.45) is 8.30. The maximum absolute atomic E-state index is 2.78.